The van der Waals surface area contributed by atoms with E-state index in [-0.39, 0.29) is 23.1 Å². The van der Waals surface area contributed by atoms with Gasteiger partial charge in [-0.05, 0) is 0 Å². The first-order valence-electron chi connectivity index (χ1n) is 2.29. The topological polar surface area (TPSA) is 98.0 Å². The smallest absolute Gasteiger partial charge is 0.335 e. The van der Waals surface area contributed by atoms with Crippen molar-refractivity contribution < 1.29 is 25.2 Å². The first kappa shape index (κ1) is 12.8. The zero-order chi connectivity index (χ0) is 7.44. The highest BCUT2D eigenvalue weighted by atomic mass is 24.3. The molecule has 0 fully saturated rings. The quantitative estimate of drug-likeness (QED) is 0.329. The summed E-state index contributed by atoms with van der Waals surface area (Å²) in [4.78, 5) is 9.78. The summed E-state index contributed by atoms with van der Waals surface area (Å²) in [5.41, 5.74) is 0. The normalized spacial score (nSPS) is 15.1. The summed E-state index contributed by atoms with van der Waals surface area (Å²) in [6.45, 7) is -0.756. The second-order valence-electron chi connectivity index (χ2n) is 1.53. The van der Waals surface area contributed by atoms with Crippen LogP contribution in [0.5, 0.6) is 0 Å². The van der Waals surface area contributed by atoms with Crippen molar-refractivity contribution in [3.05, 3.63) is 0 Å². The maximum Gasteiger partial charge on any atom is 0.335 e. The molecular formula is C4H10MgO5. The molecule has 0 rings (SSSR count). The number of aliphatic hydroxyl groups is 3. The summed E-state index contributed by atoms with van der Waals surface area (Å²) in [6.07, 6.45) is -3.49. The molecule has 0 bridgehead atoms. The van der Waals surface area contributed by atoms with Gasteiger partial charge < -0.3 is 20.4 Å². The van der Waals surface area contributed by atoms with Gasteiger partial charge in [0.15, 0.2) is 6.10 Å². The molecule has 0 saturated heterocycles. The Hall–Kier alpha value is 0.116. The summed E-state index contributed by atoms with van der Waals surface area (Å²) < 4.78 is 0. The van der Waals surface area contributed by atoms with Crippen LogP contribution in [0, 0.1) is 0 Å². The first-order valence-corrected chi connectivity index (χ1v) is 2.29. The van der Waals surface area contributed by atoms with Gasteiger partial charge in [-0.2, -0.15) is 0 Å². The van der Waals surface area contributed by atoms with E-state index in [2.05, 4.69) is 0 Å². The molecule has 0 heterocycles. The van der Waals surface area contributed by atoms with Crippen molar-refractivity contribution in [1.29, 1.82) is 0 Å². The number of carbonyl (C=O) groups is 1. The molecule has 0 radical (unpaired) electrons. The average molecular weight is 162 g/mol. The summed E-state index contributed by atoms with van der Waals surface area (Å²) in [5.74, 6) is -1.54. The van der Waals surface area contributed by atoms with E-state index in [9.17, 15) is 4.79 Å². The molecule has 0 amide bonds. The van der Waals surface area contributed by atoms with Crippen molar-refractivity contribution in [1.82, 2.24) is 0 Å². The second kappa shape index (κ2) is 5.87. The number of rotatable bonds is 3. The lowest BCUT2D eigenvalue weighted by atomic mass is 10.2. The molecule has 0 spiro atoms. The highest BCUT2D eigenvalue weighted by Crippen LogP contribution is 1.90. The molecule has 0 aliphatic carbocycles. The Balaban J connectivity index is 0. The monoisotopic (exact) mass is 162 g/mol. The van der Waals surface area contributed by atoms with E-state index in [1.54, 1.807) is 0 Å². The van der Waals surface area contributed by atoms with Crippen molar-refractivity contribution in [2.24, 2.45) is 0 Å². The predicted molar refractivity (Wildman–Crippen MR) is 35.3 cm³/mol. The van der Waals surface area contributed by atoms with Gasteiger partial charge in [0, 0.05) is 0 Å². The molecule has 0 saturated carbocycles. The van der Waals surface area contributed by atoms with Gasteiger partial charge in [0.05, 0.1) is 6.61 Å². The molecule has 0 aliphatic heterocycles. The Kier molecular flexibility index (Phi) is 7.49. The summed E-state index contributed by atoms with van der Waals surface area (Å²) in [6, 6.07) is 0. The molecule has 4 N–H and O–H groups in total. The van der Waals surface area contributed by atoms with Crippen LogP contribution in [0.3, 0.4) is 0 Å². The number of carboxylic acids is 1. The van der Waals surface area contributed by atoms with Gasteiger partial charge in [0.1, 0.15) is 6.10 Å². The summed E-state index contributed by atoms with van der Waals surface area (Å²) in [5, 5.41) is 32.8. The van der Waals surface area contributed by atoms with Crippen molar-refractivity contribution in [2.75, 3.05) is 6.61 Å². The largest absolute Gasteiger partial charge is 0.479 e. The standard InChI is InChI=1S/C4H8O5.Mg.2H/c5-1-2(6)3(7)4(8)9;;;/h2-3,5-7H,1H2,(H,8,9);;;. The van der Waals surface area contributed by atoms with Gasteiger partial charge in [-0.1, -0.05) is 0 Å². The number of aliphatic carboxylic acids is 1. The van der Waals surface area contributed by atoms with Crippen LogP contribution in [0.15, 0.2) is 0 Å². The molecule has 0 aromatic carbocycles. The predicted octanol–water partition coefficient (Wildman–Crippen LogP) is -3.13. The molecule has 10 heavy (non-hydrogen) atoms. The Morgan fingerprint density at radius 3 is 1.90 bits per heavy atom. The molecule has 0 aromatic rings. The maximum atomic E-state index is 9.78. The fourth-order valence-corrected chi connectivity index (χ4v) is 0.264. The van der Waals surface area contributed by atoms with E-state index < -0.39 is 24.8 Å². The Morgan fingerprint density at radius 2 is 1.80 bits per heavy atom. The minimum atomic E-state index is -1.89. The molecule has 2 unspecified atom stereocenters. The minimum absolute atomic E-state index is 0. The third-order valence-electron chi connectivity index (χ3n) is 0.805. The molecule has 58 valence electrons. The number of hydrogen-bond donors (Lipinski definition) is 4. The van der Waals surface area contributed by atoms with Gasteiger partial charge in [-0.25, -0.2) is 4.79 Å². The highest BCUT2D eigenvalue weighted by Gasteiger charge is 2.21. The van der Waals surface area contributed by atoms with E-state index in [4.69, 9.17) is 20.4 Å². The van der Waals surface area contributed by atoms with E-state index in [0.29, 0.717) is 0 Å². The molecular weight excluding hydrogens is 152 g/mol. The average Bonchev–Trinajstić information content (AvgIpc) is 1.84. The highest BCUT2D eigenvalue weighted by molar-refractivity contribution is 5.75. The molecule has 0 aromatic heterocycles. The van der Waals surface area contributed by atoms with E-state index in [0.717, 1.165) is 0 Å². The zero-order valence-corrected chi connectivity index (χ0v) is 4.56. The van der Waals surface area contributed by atoms with E-state index in [1.165, 1.54) is 0 Å². The van der Waals surface area contributed by atoms with Crippen molar-refractivity contribution >= 4 is 29.0 Å². The number of aliphatic hydroxyl groups excluding tert-OH is 3. The number of carboxylic acid groups (broad SMARTS) is 1. The van der Waals surface area contributed by atoms with Gasteiger partial charge in [-0.3, -0.25) is 0 Å². The third kappa shape index (κ3) is 4.02. The molecule has 5 nitrogen and oxygen atoms in total. The fourth-order valence-electron chi connectivity index (χ4n) is 0.264. The van der Waals surface area contributed by atoms with Crippen LogP contribution in [0.2, 0.25) is 0 Å². The van der Waals surface area contributed by atoms with Crippen LogP contribution < -0.4 is 0 Å². The lowest BCUT2D eigenvalue weighted by molar-refractivity contribution is -0.154. The molecule has 2 atom stereocenters. The molecule has 0 aliphatic rings. The Morgan fingerprint density at radius 1 is 1.40 bits per heavy atom. The third-order valence-corrected chi connectivity index (χ3v) is 0.805. The van der Waals surface area contributed by atoms with Crippen LogP contribution in [0.4, 0.5) is 0 Å². The van der Waals surface area contributed by atoms with Crippen molar-refractivity contribution in [3.8, 4) is 0 Å². The Bertz CT molecular complexity index is 106. The van der Waals surface area contributed by atoms with Crippen LogP contribution in [-0.2, 0) is 4.79 Å². The SMILES string of the molecule is O=C(O)C(O)C(O)CO.[MgH2]. The van der Waals surface area contributed by atoms with Gasteiger partial charge in [-0.15, -0.1) is 0 Å². The lowest BCUT2D eigenvalue weighted by Crippen LogP contribution is -2.36. The van der Waals surface area contributed by atoms with Gasteiger partial charge >= 0.3 is 29.0 Å². The number of hydrogen-bond acceptors (Lipinski definition) is 4. The second-order valence-corrected chi connectivity index (χ2v) is 1.53. The Labute approximate surface area is 73.4 Å². The van der Waals surface area contributed by atoms with Crippen molar-refractivity contribution in [3.63, 3.8) is 0 Å². The summed E-state index contributed by atoms with van der Waals surface area (Å²) >= 11 is 0. The van der Waals surface area contributed by atoms with Gasteiger partial charge in [0.2, 0.25) is 0 Å². The lowest BCUT2D eigenvalue weighted by Gasteiger charge is -2.09. The fraction of sp³-hybridized carbons (Fsp3) is 0.750. The van der Waals surface area contributed by atoms with Crippen LogP contribution in [0.25, 0.3) is 0 Å². The van der Waals surface area contributed by atoms with Gasteiger partial charge in [0.25, 0.3) is 0 Å². The zero-order valence-electron chi connectivity index (χ0n) is 4.56. The minimum Gasteiger partial charge on any atom is -0.479 e. The maximum absolute atomic E-state index is 9.78. The van der Waals surface area contributed by atoms with Crippen LogP contribution >= 0.6 is 0 Å². The van der Waals surface area contributed by atoms with Crippen molar-refractivity contribution in [2.45, 2.75) is 12.2 Å². The summed E-state index contributed by atoms with van der Waals surface area (Å²) in [7, 11) is 0. The van der Waals surface area contributed by atoms with Crippen LogP contribution in [0.1, 0.15) is 0 Å². The van der Waals surface area contributed by atoms with Crippen LogP contribution in [-0.4, -0.2) is 68.3 Å². The van der Waals surface area contributed by atoms with E-state index >= 15 is 0 Å². The molecule has 6 heteroatoms. The first-order chi connectivity index (χ1) is 4.09. The van der Waals surface area contributed by atoms with E-state index in [1.807, 2.05) is 0 Å².